The van der Waals surface area contributed by atoms with Crippen molar-refractivity contribution in [2.45, 2.75) is 13.3 Å². The van der Waals surface area contributed by atoms with Crippen molar-refractivity contribution in [1.82, 2.24) is 15.0 Å². The molecule has 1 aliphatic carbocycles. The van der Waals surface area contributed by atoms with E-state index in [0.29, 0.717) is 0 Å². The van der Waals surface area contributed by atoms with Crippen LogP contribution in [0.3, 0.4) is 0 Å². The van der Waals surface area contributed by atoms with Gasteiger partial charge in [0.1, 0.15) is 0 Å². The molecule has 4 aromatic rings. The van der Waals surface area contributed by atoms with Gasteiger partial charge in [0.25, 0.3) is 0 Å². The number of hydrogen-bond acceptors (Lipinski definition) is 3. The van der Waals surface area contributed by atoms with Crippen LogP contribution in [-0.4, -0.2) is 15.0 Å². The van der Waals surface area contributed by atoms with Gasteiger partial charge in [0, 0.05) is 41.0 Å². The fourth-order valence-electron chi connectivity index (χ4n) is 3.52. The first-order valence-corrected chi connectivity index (χ1v) is 7.44. The van der Waals surface area contributed by atoms with Crippen molar-refractivity contribution in [3.05, 3.63) is 65.7 Å². The van der Waals surface area contributed by atoms with Gasteiger partial charge in [-0.2, -0.15) is 0 Å². The number of aryl methyl sites for hydroxylation is 1. The minimum absolute atomic E-state index is 0.848. The topological polar surface area (TPSA) is 38.7 Å². The Balaban J connectivity index is 2.02. The Kier molecular flexibility index (Phi) is 2.20. The molecule has 3 heterocycles. The molecule has 3 nitrogen and oxygen atoms in total. The Morgan fingerprint density at radius 2 is 1.86 bits per heavy atom. The molecule has 3 heteroatoms. The first-order chi connectivity index (χ1) is 10.8. The predicted octanol–water partition coefficient (Wildman–Crippen LogP) is 4.06. The van der Waals surface area contributed by atoms with E-state index in [1.807, 2.05) is 24.5 Å². The summed E-state index contributed by atoms with van der Waals surface area (Å²) >= 11 is 0. The molecule has 0 aliphatic heterocycles. The Bertz CT molecular complexity index is 1070. The molecule has 0 N–H and O–H groups in total. The zero-order valence-corrected chi connectivity index (χ0v) is 12.2. The summed E-state index contributed by atoms with van der Waals surface area (Å²) in [4.78, 5) is 14.0. The van der Waals surface area contributed by atoms with Gasteiger partial charge in [-0.3, -0.25) is 15.0 Å². The van der Waals surface area contributed by atoms with E-state index in [-0.39, 0.29) is 0 Å². The predicted molar refractivity (Wildman–Crippen MR) is 87.8 cm³/mol. The largest absolute Gasteiger partial charge is 0.260 e. The molecule has 1 aromatic carbocycles. The smallest absolute Gasteiger partial charge is 0.0968 e. The van der Waals surface area contributed by atoms with Crippen molar-refractivity contribution in [3.8, 4) is 11.1 Å². The normalized spacial score (nSPS) is 12.6. The molecule has 0 fully saturated rings. The van der Waals surface area contributed by atoms with Crippen LogP contribution in [0.2, 0.25) is 0 Å². The molecule has 0 spiro atoms. The molecule has 0 saturated heterocycles. The van der Waals surface area contributed by atoms with Crippen LogP contribution in [-0.2, 0) is 6.42 Å². The zero-order chi connectivity index (χ0) is 14.7. The highest BCUT2D eigenvalue weighted by Gasteiger charge is 2.27. The van der Waals surface area contributed by atoms with Crippen LogP contribution in [0.1, 0.15) is 17.0 Å². The van der Waals surface area contributed by atoms with Crippen LogP contribution < -0.4 is 0 Å². The van der Waals surface area contributed by atoms with Gasteiger partial charge in [-0.1, -0.05) is 24.3 Å². The second kappa shape index (κ2) is 4.10. The highest BCUT2D eigenvalue weighted by Crippen LogP contribution is 2.43. The summed E-state index contributed by atoms with van der Waals surface area (Å²) in [5, 5.41) is 2.43. The maximum absolute atomic E-state index is 4.72. The van der Waals surface area contributed by atoms with Gasteiger partial charge in [-0.05, 0) is 30.0 Å². The first-order valence-electron chi connectivity index (χ1n) is 7.44. The van der Waals surface area contributed by atoms with Gasteiger partial charge in [0.05, 0.1) is 16.7 Å². The lowest BCUT2D eigenvalue weighted by Crippen LogP contribution is -1.94. The maximum atomic E-state index is 4.72. The Hall–Kier alpha value is -2.81. The van der Waals surface area contributed by atoms with Crippen molar-refractivity contribution in [1.29, 1.82) is 0 Å². The summed E-state index contributed by atoms with van der Waals surface area (Å²) in [6, 6.07) is 12.4. The first kappa shape index (κ1) is 11.8. The molecule has 1 aliphatic rings. The van der Waals surface area contributed by atoms with Gasteiger partial charge >= 0.3 is 0 Å². The minimum atomic E-state index is 0.848. The van der Waals surface area contributed by atoms with Crippen molar-refractivity contribution >= 4 is 21.8 Å². The third kappa shape index (κ3) is 1.43. The van der Waals surface area contributed by atoms with Crippen LogP contribution >= 0.6 is 0 Å². The van der Waals surface area contributed by atoms with E-state index in [1.165, 1.54) is 27.5 Å². The highest BCUT2D eigenvalue weighted by molar-refractivity contribution is 6.07. The van der Waals surface area contributed by atoms with Gasteiger partial charge in [0.2, 0.25) is 0 Å². The third-order valence-electron chi connectivity index (χ3n) is 4.52. The highest BCUT2D eigenvalue weighted by atomic mass is 14.8. The SMILES string of the molecule is Cc1nc2cccnc2c2c1Cc1ncc3ccccc3c1-2. The fraction of sp³-hybridized carbons (Fsp3) is 0.105. The quantitative estimate of drug-likeness (QED) is 0.430. The molecule has 0 amide bonds. The zero-order valence-electron chi connectivity index (χ0n) is 12.2. The summed E-state index contributed by atoms with van der Waals surface area (Å²) in [6.45, 7) is 2.08. The van der Waals surface area contributed by atoms with Crippen molar-refractivity contribution in [2.75, 3.05) is 0 Å². The van der Waals surface area contributed by atoms with Crippen LogP contribution in [0.5, 0.6) is 0 Å². The molecule has 5 rings (SSSR count). The van der Waals surface area contributed by atoms with Gasteiger partial charge in [-0.25, -0.2) is 0 Å². The number of fused-ring (bicyclic) bond motifs is 7. The van der Waals surface area contributed by atoms with E-state index in [2.05, 4.69) is 36.2 Å². The summed E-state index contributed by atoms with van der Waals surface area (Å²) in [6.07, 6.45) is 4.66. The number of aromatic nitrogens is 3. The van der Waals surface area contributed by atoms with Gasteiger partial charge < -0.3 is 0 Å². The Labute approximate surface area is 127 Å². The van der Waals surface area contributed by atoms with Crippen LogP contribution in [0.25, 0.3) is 32.9 Å². The van der Waals surface area contributed by atoms with E-state index in [4.69, 9.17) is 9.97 Å². The molecular weight excluding hydrogens is 270 g/mol. The lowest BCUT2D eigenvalue weighted by Gasteiger charge is -2.09. The molecular formula is C19H13N3. The van der Waals surface area contributed by atoms with Crippen LogP contribution in [0, 0.1) is 6.92 Å². The van der Waals surface area contributed by atoms with E-state index in [1.54, 1.807) is 0 Å². The van der Waals surface area contributed by atoms with Crippen molar-refractivity contribution < 1.29 is 0 Å². The van der Waals surface area contributed by atoms with E-state index in [9.17, 15) is 0 Å². The van der Waals surface area contributed by atoms with Crippen LogP contribution in [0.15, 0.2) is 48.8 Å². The molecule has 0 saturated carbocycles. The standard InChI is InChI=1S/C19H13N3/c1-11-14-9-16-17(13-6-3-2-5-12(13)10-21-16)18(14)19-15(22-11)7-4-8-20-19/h2-8,10H,9H2,1H3. The van der Waals surface area contributed by atoms with E-state index >= 15 is 0 Å². The summed E-state index contributed by atoms with van der Waals surface area (Å²) in [5.74, 6) is 0. The monoisotopic (exact) mass is 283 g/mol. The van der Waals surface area contributed by atoms with Crippen molar-refractivity contribution in [2.24, 2.45) is 0 Å². The third-order valence-corrected chi connectivity index (χ3v) is 4.52. The molecule has 0 radical (unpaired) electrons. The Morgan fingerprint density at radius 1 is 0.955 bits per heavy atom. The summed E-state index contributed by atoms with van der Waals surface area (Å²) < 4.78 is 0. The number of hydrogen-bond donors (Lipinski definition) is 0. The van der Waals surface area contributed by atoms with E-state index in [0.717, 1.165) is 28.8 Å². The number of nitrogens with zero attached hydrogens (tertiary/aromatic N) is 3. The fourth-order valence-corrected chi connectivity index (χ4v) is 3.52. The average Bonchev–Trinajstić information content (AvgIpc) is 2.96. The molecule has 0 unspecified atom stereocenters. The number of pyridine rings is 3. The number of rotatable bonds is 0. The molecule has 3 aromatic heterocycles. The lowest BCUT2D eigenvalue weighted by atomic mass is 9.99. The van der Waals surface area contributed by atoms with E-state index < -0.39 is 0 Å². The summed E-state index contributed by atoms with van der Waals surface area (Å²) in [7, 11) is 0. The summed E-state index contributed by atoms with van der Waals surface area (Å²) in [5.41, 5.74) is 7.89. The average molecular weight is 283 g/mol. The lowest BCUT2D eigenvalue weighted by molar-refractivity contribution is 1.09. The number of benzene rings is 1. The molecule has 22 heavy (non-hydrogen) atoms. The second-order valence-corrected chi connectivity index (χ2v) is 5.77. The molecule has 0 atom stereocenters. The second-order valence-electron chi connectivity index (χ2n) is 5.77. The maximum Gasteiger partial charge on any atom is 0.0968 e. The molecule has 0 bridgehead atoms. The molecule has 104 valence electrons. The van der Waals surface area contributed by atoms with Crippen molar-refractivity contribution in [3.63, 3.8) is 0 Å². The van der Waals surface area contributed by atoms with Gasteiger partial charge in [-0.15, -0.1) is 0 Å². The van der Waals surface area contributed by atoms with Crippen LogP contribution in [0.4, 0.5) is 0 Å². The van der Waals surface area contributed by atoms with Gasteiger partial charge in [0.15, 0.2) is 0 Å². The Morgan fingerprint density at radius 3 is 2.82 bits per heavy atom. The minimum Gasteiger partial charge on any atom is -0.260 e.